The van der Waals surface area contributed by atoms with E-state index >= 15 is 0 Å². The Morgan fingerprint density at radius 2 is 2.07 bits per heavy atom. The molecule has 0 atom stereocenters. The Balaban J connectivity index is 2.08. The van der Waals surface area contributed by atoms with Gasteiger partial charge in [-0.3, -0.25) is 4.79 Å². The predicted molar refractivity (Wildman–Crippen MR) is 58.2 cm³/mol. The van der Waals surface area contributed by atoms with Crippen LogP contribution in [0.2, 0.25) is 0 Å². The molecule has 4 heteroatoms. The van der Waals surface area contributed by atoms with Gasteiger partial charge in [0.15, 0.2) is 11.6 Å². The first-order valence-corrected chi connectivity index (χ1v) is 5.39. The van der Waals surface area contributed by atoms with Gasteiger partial charge in [-0.15, -0.1) is 0 Å². The topological polar surface area (TPSA) is 59.5 Å². The van der Waals surface area contributed by atoms with Gasteiger partial charge in [-0.2, -0.15) is 0 Å². The molecule has 0 aliphatic carbocycles. The fourth-order valence-electron chi connectivity index (χ4n) is 1.86. The van der Waals surface area contributed by atoms with Crippen LogP contribution in [-0.4, -0.2) is 25.4 Å². The van der Waals surface area contributed by atoms with Crippen LogP contribution < -0.4 is 10.6 Å². The first-order chi connectivity index (χ1) is 7.31. The van der Waals surface area contributed by atoms with Crippen LogP contribution in [0.5, 0.6) is 0 Å². The van der Waals surface area contributed by atoms with Gasteiger partial charge in [0.2, 0.25) is 5.78 Å². The molecule has 15 heavy (non-hydrogen) atoms. The first-order valence-electron chi connectivity index (χ1n) is 5.39. The molecule has 1 saturated heterocycles. The zero-order valence-electron chi connectivity index (χ0n) is 8.74. The van der Waals surface area contributed by atoms with E-state index in [1.165, 1.54) is 19.3 Å². The molecular formula is C11H16N2O2. The number of piperidine rings is 1. The Bertz CT molecular complexity index is 340. The Morgan fingerprint density at radius 3 is 2.73 bits per heavy atom. The summed E-state index contributed by atoms with van der Waals surface area (Å²) in [5, 5.41) is 0. The number of furan rings is 1. The molecule has 0 radical (unpaired) electrons. The maximum absolute atomic E-state index is 11.3. The van der Waals surface area contributed by atoms with Gasteiger partial charge in [0.1, 0.15) is 0 Å². The highest BCUT2D eigenvalue weighted by Gasteiger charge is 2.16. The normalized spacial score (nSPS) is 16.7. The standard InChI is InChI=1S/C11H16N2O2/c12-8-9(14)10-4-5-11(15-10)13-6-2-1-3-7-13/h4-5H,1-3,6-8,12H2. The summed E-state index contributed by atoms with van der Waals surface area (Å²) in [5.41, 5.74) is 5.27. The number of nitrogens with two attached hydrogens (primary N) is 1. The number of ketones is 1. The molecule has 0 amide bonds. The smallest absolute Gasteiger partial charge is 0.211 e. The summed E-state index contributed by atoms with van der Waals surface area (Å²) >= 11 is 0. The van der Waals surface area contributed by atoms with E-state index in [4.69, 9.17) is 10.2 Å². The average molecular weight is 208 g/mol. The maximum Gasteiger partial charge on any atom is 0.211 e. The van der Waals surface area contributed by atoms with Crippen molar-refractivity contribution in [2.45, 2.75) is 19.3 Å². The summed E-state index contributed by atoms with van der Waals surface area (Å²) in [6.45, 7) is 2.04. The van der Waals surface area contributed by atoms with Crippen molar-refractivity contribution in [2.24, 2.45) is 5.73 Å². The molecule has 4 nitrogen and oxygen atoms in total. The lowest BCUT2D eigenvalue weighted by molar-refractivity contribution is 0.0975. The minimum absolute atomic E-state index is 0.00690. The second kappa shape index (κ2) is 4.49. The van der Waals surface area contributed by atoms with E-state index in [-0.39, 0.29) is 12.3 Å². The van der Waals surface area contributed by atoms with Crippen LogP contribution in [0.25, 0.3) is 0 Å². The Morgan fingerprint density at radius 1 is 1.33 bits per heavy atom. The number of Topliss-reactive ketones (excluding diaryl/α,β-unsaturated/α-hetero) is 1. The van der Waals surface area contributed by atoms with Crippen LogP contribution in [0, 0.1) is 0 Å². The number of anilines is 1. The number of carbonyl (C=O) groups excluding carboxylic acids is 1. The summed E-state index contributed by atoms with van der Waals surface area (Å²) in [4.78, 5) is 13.4. The highest BCUT2D eigenvalue weighted by Crippen LogP contribution is 2.22. The van der Waals surface area contributed by atoms with Gasteiger partial charge in [-0.25, -0.2) is 0 Å². The highest BCUT2D eigenvalue weighted by molar-refractivity contribution is 5.95. The van der Waals surface area contributed by atoms with Crippen molar-refractivity contribution in [3.8, 4) is 0 Å². The summed E-state index contributed by atoms with van der Waals surface area (Å²) in [7, 11) is 0. The summed E-state index contributed by atoms with van der Waals surface area (Å²) in [5.74, 6) is 1.03. The quantitative estimate of drug-likeness (QED) is 0.763. The van der Waals surface area contributed by atoms with Gasteiger partial charge in [0, 0.05) is 19.2 Å². The maximum atomic E-state index is 11.3. The van der Waals surface area contributed by atoms with E-state index in [1.807, 2.05) is 6.07 Å². The number of hydrogen-bond donors (Lipinski definition) is 1. The number of carbonyl (C=O) groups is 1. The van der Waals surface area contributed by atoms with E-state index in [0.717, 1.165) is 19.0 Å². The van der Waals surface area contributed by atoms with E-state index in [9.17, 15) is 4.79 Å². The molecular weight excluding hydrogens is 192 g/mol. The fraction of sp³-hybridized carbons (Fsp3) is 0.545. The molecule has 1 fully saturated rings. The van der Waals surface area contributed by atoms with E-state index < -0.39 is 0 Å². The molecule has 2 N–H and O–H groups in total. The van der Waals surface area contributed by atoms with Crippen molar-refractivity contribution in [3.05, 3.63) is 17.9 Å². The molecule has 1 aromatic rings. The summed E-state index contributed by atoms with van der Waals surface area (Å²) < 4.78 is 5.47. The summed E-state index contributed by atoms with van der Waals surface area (Å²) in [6, 6.07) is 3.56. The van der Waals surface area contributed by atoms with Crippen molar-refractivity contribution in [1.29, 1.82) is 0 Å². The van der Waals surface area contributed by atoms with Crippen molar-refractivity contribution < 1.29 is 9.21 Å². The van der Waals surface area contributed by atoms with Gasteiger partial charge in [0.25, 0.3) is 0 Å². The van der Waals surface area contributed by atoms with Gasteiger partial charge in [0.05, 0.1) is 6.54 Å². The highest BCUT2D eigenvalue weighted by atomic mass is 16.4. The molecule has 0 unspecified atom stereocenters. The number of nitrogens with zero attached hydrogens (tertiary/aromatic N) is 1. The van der Waals surface area contributed by atoms with Crippen LogP contribution in [-0.2, 0) is 0 Å². The lowest BCUT2D eigenvalue weighted by atomic mass is 10.1. The third kappa shape index (κ3) is 2.21. The van der Waals surface area contributed by atoms with Crippen LogP contribution in [0.15, 0.2) is 16.5 Å². The number of rotatable bonds is 3. The Kier molecular flexibility index (Phi) is 3.06. The van der Waals surface area contributed by atoms with E-state index in [0.29, 0.717) is 5.76 Å². The molecule has 0 spiro atoms. The zero-order valence-corrected chi connectivity index (χ0v) is 8.74. The summed E-state index contributed by atoms with van der Waals surface area (Å²) in [6.07, 6.45) is 3.67. The Hall–Kier alpha value is -1.29. The molecule has 0 aromatic carbocycles. The number of hydrogen-bond acceptors (Lipinski definition) is 4. The van der Waals surface area contributed by atoms with Gasteiger partial charge < -0.3 is 15.1 Å². The van der Waals surface area contributed by atoms with Gasteiger partial charge >= 0.3 is 0 Å². The van der Waals surface area contributed by atoms with Crippen molar-refractivity contribution in [3.63, 3.8) is 0 Å². The zero-order chi connectivity index (χ0) is 10.7. The van der Waals surface area contributed by atoms with Crippen molar-refractivity contribution in [1.82, 2.24) is 0 Å². The minimum atomic E-state index is -0.141. The largest absolute Gasteiger partial charge is 0.437 e. The molecule has 2 rings (SSSR count). The van der Waals surface area contributed by atoms with Gasteiger partial charge in [-0.05, 0) is 25.3 Å². The molecule has 1 aliphatic heterocycles. The van der Waals surface area contributed by atoms with Crippen LogP contribution in [0.4, 0.5) is 5.88 Å². The van der Waals surface area contributed by atoms with Crippen molar-refractivity contribution >= 4 is 11.7 Å². The van der Waals surface area contributed by atoms with E-state index in [1.54, 1.807) is 6.07 Å². The van der Waals surface area contributed by atoms with E-state index in [2.05, 4.69) is 4.90 Å². The molecule has 2 heterocycles. The second-order valence-electron chi connectivity index (χ2n) is 3.81. The van der Waals surface area contributed by atoms with Crippen LogP contribution in [0.1, 0.15) is 29.8 Å². The third-order valence-electron chi connectivity index (χ3n) is 2.72. The first kappa shape index (κ1) is 10.2. The molecule has 82 valence electrons. The van der Waals surface area contributed by atoms with Gasteiger partial charge in [-0.1, -0.05) is 0 Å². The van der Waals surface area contributed by atoms with Crippen molar-refractivity contribution in [2.75, 3.05) is 24.5 Å². The average Bonchev–Trinajstić information content (AvgIpc) is 2.78. The molecule has 1 aromatic heterocycles. The second-order valence-corrected chi connectivity index (χ2v) is 3.81. The lowest BCUT2D eigenvalue weighted by Gasteiger charge is -2.25. The predicted octanol–water partition coefficient (Wildman–Crippen LogP) is 1.41. The molecule has 0 saturated carbocycles. The monoisotopic (exact) mass is 208 g/mol. The SMILES string of the molecule is NCC(=O)c1ccc(N2CCCCC2)o1. The van der Waals surface area contributed by atoms with Crippen LogP contribution in [0.3, 0.4) is 0 Å². The van der Waals surface area contributed by atoms with Crippen LogP contribution >= 0.6 is 0 Å². The lowest BCUT2D eigenvalue weighted by Crippen LogP contribution is -2.28. The fourth-order valence-corrected chi connectivity index (χ4v) is 1.86. The molecule has 0 bridgehead atoms. The molecule has 1 aliphatic rings. The Labute approximate surface area is 89.0 Å². The minimum Gasteiger partial charge on any atom is -0.437 e. The third-order valence-corrected chi connectivity index (χ3v) is 2.72.